The normalized spacial score (nSPS) is 17.1. The highest BCUT2D eigenvalue weighted by Gasteiger charge is 2.34. The number of sulfonamides is 1. The van der Waals surface area contributed by atoms with Crippen molar-refractivity contribution in [3.8, 4) is 5.75 Å². The lowest BCUT2D eigenvalue weighted by molar-refractivity contribution is -0.917. The van der Waals surface area contributed by atoms with E-state index in [1.807, 2.05) is 6.92 Å². The number of ether oxygens (including phenoxy) is 1. The van der Waals surface area contributed by atoms with Gasteiger partial charge in [0, 0.05) is 7.05 Å². The fourth-order valence-electron chi connectivity index (χ4n) is 2.94. The molecule has 150 valence electrons. The van der Waals surface area contributed by atoms with Gasteiger partial charge in [-0.25, -0.2) is 13.2 Å². The summed E-state index contributed by atoms with van der Waals surface area (Å²) in [6, 6.07) is 5.37. The Balaban J connectivity index is 1.97. The molecule has 1 saturated heterocycles. The third kappa shape index (κ3) is 5.18. The maximum atomic E-state index is 12.8. The van der Waals surface area contributed by atoms with E-state index in [0.717, 1.165) is 4.90 Å². The molecule has 0 radical (unpaired) electrons. The number of rotatable bonds is 6. The average molecular weight is 399 g/mol. The summed E-state index contributed by atoms with van der Waals surface area (Å²) in [7, 11) is -2.15. The quantitative estimate of drug-likeness (QED) is 0.558. The molecule has 0 unspecified atom stereocenters. The number of quaternary nitrogens is 1. The molecule has 3 N–H and O–H groups in total. The maximum Gasteiger partial charge on any atom is 0.321 e. The molecule has 1 aromatic rings. The van der Waals surface area contributed by atoms with Crippen LogP contribution in [0.2, 0.25) is 0 Å². The Hall–Kier alpha value is -2.17. The lowest BCUT2D eigenvalue weighted by Crippen LogP contribution is -3.19. The second kappa shape index (κ2) is 9.16. The summed E-state index contributed by atoms with van der Waals surface area (Å²) in [5.41, 5.74) is 0. The van der Waals surface area contributed by atoms with E-state index in [1.165, 1.54) is 11.4 Å². The Bertz CT molecular complexity index is 758. The lowest BCUT2D eigenvalue weighted by Gasteiger charge is -2.34. The Labute approximate surface area is 159 Å². The molecule has 1 aliphatic rings. The second-order valence-electron chi connectivity index (χ2n) is 6.26. The number of amides is 3. The fourth-order valence-corrected chi connectivity index (χ4v) is 4.38. The van der Waals surface area contributed by atoms with Crippen molar-refractivity contribution in [1.82, 2.24) is 14.9 Å². The van der Waals surface area contributed by atoms with Crippen LogP contribution in [-0.4, -0.2) is 70.5 Å². The molecule has 27 heavy (non-hydrogen) atoms. The van der Waals surface area contributed by atoms with Crippen LogP contribution < -0.4 is 20.3 Å². The number of nitrogens with zero attached hydrogens (tertiary/aromatic N) is 1. The second-order valence-corrected chi connectivity index (χ2v) is 8.19. The SMILES string of the molecule is CCOc1ccc(S(=O)(=O)N2CC[NH+]([C@@H](C)C(=O)NC(=O)NC)CC2)cc1. The van der Waals surface area contributed by atoms with Crippen LogP contribution in [0.1, 0.15) is 13.8 Å². The van der Waals surface area contributed by atoms with E-state index < -0.39 is 22.1 Å². The highest BCUT2D eigenvalue weighted by molar-refractivity contribution is 7.89. The van der Waals surface area contributed by atoms with Gasteiger partial charge in [0.25, 0.3) is 5.91 Å². The van der Waals surface area contributed by atoms with Crippen molar-refractivity contribution in [3.63, 3.8) is 0 Å². The minimum atomic E-state index is -3.59. The number of imide groups is 1. The van der Waals surface area contributed by atoms with Crippen molar-refractivity contribution in [1.29, 1.82) is 0 Å². The molecule has 2 rings (SSSR count). The van der Waals surface area contributed by atoms with Crippen molar-refractivity contribution in [2.45, 2.75) is 24.8 Å². The Morgan fingerprint density at radius 3 is 2.33 bits per heavy atom. The van der Waals surface area contributed by atoms with Crippen molar-refractivity contribution in [3.05, 3.63) is 24.3 Å². The van der Waals surface area contributed by atoms with Crippen LogP contribution in [0.3, 0.4) is 0 Å². The number of nitrogens with one attached hydrogen (secondary N) is 3. The Kier molecular flexibility index (Phi) is 7.17. The van der Waals surface area contributed by atoms with Gasteiger partial charge in [0.1, 0.15) is 5.75 Å². The van der Waals surface area contributed by atoms with Crippen molar-refractivity contribution in [2.75, 3.05) is 39.8 Å². The molecule has 9 nitrogen and oxygen atoms in total. The van der Waals surface area contributed by atoms with Gasteiger partial charge in [0.2, 0.25) is 10.0 Å². The number of urea groups is 1. The summed E-state index contributed by atoms with van der Waals surface area (Å²) >= 11 is 0. The van der Waals surface area contributed by atoms with E-state index in [9.17, 15) is 18.0 Å². The zero-order valence-electron chi connectivity index (χ0n) is 15.8. The largest absolute Gasteiger partial charge is 0.494 e. The topological polar surface area (TPSA) is 109 Å². The first-order valence-corrected chi connectivity index (χ1v) is 10.3. The minimum absolute atomic E-state index is 0.222. The predicted molar refractivity (Wildman–Crippen MR) is 99.1 cm³/mol. The first kappa shape index (κ1) is 21.1. The number of hydrogen-bond acceptors (Lipinski definition) is 5. The van der Waals surface area contributed by atoms with E-state index in [4.69, 9.17) is 4.74 Å². The summed E-state index contributed by atoms with van der Waals surface area (Å²) in [4.78, 5) is 24.5. The molecule has 0 saturated carbocycles. The Morgan fingerprint density at radius 1 is 1.22 bits per heavy atom. The zero-order chi connectivity index (χ0) is 20.0. The predicted octanol–water partition coefficient (Wildman–Crippen LogP) is -1.18. The number of hydrogen-bond donors (Lipinski definition) is 3. The zero-order valence-corrected chi connectivity index (χ0v) is 16.6. The van der Waals surface area contributed by atoms with Crippen molar-refractivity contribution < 1.29 is 27.6 Å². The van der Waals surface area contributed by atoms with E-state index in [1.54, 1.807) is 31.2 Å². The molecule has 0 spiro atoms. The lowest BCUT2D eigenvalue weighted by atomic mass is 10.2. The smallest absolute Gasteiger partial charge is 0.321 e. The van der Waals surface area contributed by atoms with Crippen molar-refractivity contribution >= 4 is 22.0 Å². The van der Waals surface area contributed by atoms with E-state index in [0.29, 0.717) is 38.5 Å². The first-order valence-electron chi connectivity index (χ1n) is 8.89. The summed E-state index contributed by atoms with van der Waals surface area (Å²) < 4.78 is 32.4. The highest BCUT2D eigenvalue weighted by Crippen LogP contribution is 2.19. The van der Waals surface area contributed by atoms with Crippen molar-refractivity contribution in [2.24, 2.45) is 0 Å². The van der Waals surface area contributed by atoms with Crippen LogP contribution in [0.5, 0.6) is 5.75 Å². The molecule has 0 bridgehead atoms. The van der Waals surface area contributed by atoms with Crippen LogP contribution in [0.4, 0.5) is 4.79 Å². The molecule has 1 aliphatic heterocycles. The fraction of sp³-hybridized carbons (Fsp3) is 0.529. The van der Waals surface area contributed by atoms with Crippen LogP contribution in [0, 0.1) is 0 Å². The van der Waals surface area contributed by atoms with E-state index >= 15 is 0 Å². The molecule has 1 heterocycles. The van der Waals surface area contributed by atoms with Crippen LogP contribution in [-0.2, 0) is 14.8 Å². The van der Waals surface area contributed by atoms with Gasteiger partial charge < -0.3 is 15.0 Å². The standard InChI is InChI=1S/C17H26N4O5S/c1-4-26-14-5-7-15(8-6-14)27(24,25)21-11-9-20(10-12-21)13(2)16(22)19-17(23)18-3/h5-8,13H,4,9-12H2,1-3H3,(H2,18,19,22,23)/p+1/t13-/m0/s1. The van der Waals surface area contributed by atoms with Crippen LogP contribution in [0.25, 0.3) is 0 Å². The first-order chi connectivity index (χ1) is 12.8. The monoisotopic (exact) mass is 399 g/mol. The molecule has 1 atom stereocenters. The molecule has 10 heteroatoms. The van der Waals surface area contributed by atoms with Crippen LogP contribution in [0.15, 0.2) is 29.2 Å². The number of carbonyl (C=O) groups is 2. The van der Waals surface area contributed by atoms with Gasteiger partial charge >= 0.3 is 6.03 Å². The molecule has 0 aromatic heterocycles. The average Bonchev–Trinajstić information content (AvgIpc) is 2.68. The molecular weight excluding hydrogens is 372 g/mol. The van der Waals surface area contributed by atoms with Gasteiger partial charge in [-0.05, 0) is 38.1 Å². The molecule has 1 fully saturated rings. The van der Waals surface area contributed by atoms with Gasteiger partial charge in [-0.2, -0.15) is 4.31 Å². The molecule has 3 amide bonds. The maximum absolute atomic E-state index is 12.8. The summed E-state index contributed by atoms with van der Waals surface area (Å²) in [6.07, 6.45) is 0. The van der Waals surface area contributed by atoms with Crippen LogP contribution >= 0.6 is 0 Å². The number of piperazine rings is 1. The third-order valence-corrected chi connectivity index (χ3v) is 6.52. The Morgan fingerprint density at radius 2 is 1.81 bits per heavy atom. The minimum Gasteiger partial charge on any atom is -0.494 e. The van der Waals surface area contributed by atoms with E-state index in [-0.39, 0.29) is 10.8 Å². The van der Waals surface area contributed by atoms with E-state index in [2.05, 4.69) is 10.6 Å². The van der Waals surface area contributed by atoms with Gasteiger partial charge in [0.05, 0.1) is 37.7 Å². The van der Waals surface area contributed by atoms with Gasteiger partial charge in [-0.15, -0.1) is 0 Å². The van der Waals surface area contributed by atoms with Gasteiger partial charge in [-0.1, -0.05) is 0 Å². The molecular formula is C17H27N4O5S+. The summed E-state index contributed by atoms with van der Waals surface area (Å²) in [6.45, 7) is 5.69. The number of carbonyl (C=O) groups excluding carboxylic acids is 2. The van der Waals surface area contributed by atoms with Gasteiger partial charge in [-0.3, -0.25) is 10.1 Å². The number of benzene rings is 1. The summed E-state index contributed by atoms with van der Waals surface area (Å²) in [5.74, 6) is 0.244. The molecule has 1 aromatic carbocycles. The highest BCUT2D eigenvalue weighted by atomic mass is 32.2. The third-order valence-electron chi connectivity index (χ3n) is 4.61. The summed E-state index contributed by atoms with van der Waals surface area (Å²) in [5, 5.41) is 4.59. The van der Waals surface area contributed by atoms with Gasteiger partial charge in [0.15, 0.2) is 6.04 Å². The molecule has 0 aliphatic carbocycles.